The summed E-state index contributed by atoms with van der Waals surface area (Å²) in [6.07, 6.45) is 5.25. The average Bonchev–Trinajstić information content (AvgIpc) is 3.47. The first-order chi connectivity index (χ1) is 14.6. The molecule has 152 valence electrons. The fourth-order valence-corrected chi connectivity index (χ4v) is 5.17. The average molecular weight is 438 g/mol. The van der Waals surface area contributed by atoms with Gasteiger partial charge in [0.25, 0.3) is 0 Å². The van der Waals surface area contributed by atoms with Crippen molar-refractivity contribution in [2.75, 3.05) is 0 Å². The lowest BCUT2D eigenvalue weighted by Gasteiger charge is -2.10. The van der Waals surface area contributed by atoms with E-state index in [-0.39, 0.29) is 6.04 Å². The molecule has 0 saturated heterocycles. The third-order valence-corrected chi connectivity index (χ3v) is 6.83. The molecule has 1 aliphatic heterocycles. The van der Waals surface area contributed by atoms with Gasteiger partial charge in [-0.2, -0.15) is 5.10 Å². The summed E-state index contributed by atoms with van der Waals surface area (Å²) in [5.41, 5.74) is 2.93. The minimum absolute atomic E-state index is 0.276. The zero-order valence-electron chi connectivity index (χ0n) is 16.7. The topological polar surface area (TPSA) is 73.8 Å². The van der Waals surface area contributed by atoms with Crippen LogP contribution in [0.25, 0.3) is 5.00 Å². The van der Waals surface area contributed by atoms with Crippen molar-refractivity contribution in [2.45, 2.75) is 39.3 Å². The Morgan fingerprint density at radius 3 is 2.87 bits per heavy atom. The van der Waals surface area contributed by atoms with Crippen molar-refractivity contribution in [3.63, 3.8) is 0 Å². The van der Waals surface area contributed by atoms with Crippen molar-refractivity contribution in [3.8, 4) is 5.00 Å². The Kier molecular flexibility index (Phi) is 4.96. The maximum Gasteiger partial charge on any atom is 0.160 e. The second-order valence-electron chi connectivity index (χ2n) is 7.34. The third kappa shape index (κ3) is 3.36. The van der Waals surface area contributed by atoms with Gasteiger partial charge in [-0.1, -0.05) is 29.8 Å². The molecule has 1 unspecified atom stereocenters. The number of hydrogen-bond acceptors (Lipinski definition) is 6. The number of aryl methyl sites for hydroxylation is 2. The number of nitrogens with zero attached hydrogens (tertiary/aromatic N) is 7. The molecule has 5 rings (SSSR count). The van der Waals surface area contributed by atoms with Crippen LogP contribution in [-0.4, -0.2) is 35.2 Å². The van der Waals surface area contributed by atoms with E-state index >= 15 is 0 Å². The van der Waals surface area contributed by atoms with Crippen LogP contribution in [0.4, 0.5) is 0 Å². The number of fused-ring (bicyclic) bond motifs is 3. The van der Waals surface area contributed by atoms with Gasteiger partial charge >= 0.3 is 0 Å². The van der Waals surface area contributed by atoms with Gasteiger partial charge in [0.1, 0.15) is 30.0 Å². The van der Waals surface area contributed by atoms with Gasteiger partial charge in [-0.3, -0.25) is 14.2 Å². The van der Waals surface area contributed by atoms with E-state index in [0.717, 1.165) is 46.3 Å². The lowest BCUT2D eigenvalue weighted by molar-refractivity contribution is 0.460. The van der Waals surface area contributed by atoms with E-state index in [1.165, 1.54) is 4.88 Å². The van der Waals surface area contributed by atoms with Crippen molar-refractivity contribution in [1.29, 1.82) is 0 Å². The molecule has 0 saturated carbocycles. The van der Waals surface area contributed by atoms with E-state index in [1.807, 2.05) is 35.9 Å². The van der Waals surface area contributed by atoms with E-state index in [0.29, 0.717) is 11.6 Å². The summed E-state index contributed by atoms with van der Waals surface area (Å²) in [5, 5.41) is 14.7. The Balaban J connectivity index is 1.54. The highest BCUT2D eigenvalue weighted by Crippen LogP contribution is 2.35. The zero-order chi connectivity index (χ0) is 20.7. The van der Waals surface area contributed by atoms with Crippen LogP contribution in [0.5, 0.6) is 0 Å². The van der Waals surface area contributed by atoms with Crippen LogP contribution in [0.1, 0.15) is 47.0 Å². The fraction of sp³-hybridized carbons (Fsp3) is 0.286. The largest absolute Gasteiger partial charge is 0.276 e. The summed E-state index contributed by atoms with van der Waals surface area (Å²) >= 11 is 8.30. The van der Waals surface area contributed by atoms with Crippen molar-refractivity contribution < 1.29 is 0 Å². The number of aromatic nitrogens is 6. The van der Waals surface area contributed by atoms with Gasteiger partial charge < -0.3 is 0 Å². The van der Waals surface area contributed by atoms with Crippen LogP contribution in [0, 0.1) is 6.92 Å². The molecule has 0 aliphatic carbocycles. The van der Waals surface area contributed by atoms with Crippen LogP contribution in [0.2, 0.25) is 5.02 Å². The SMILES string of the molecule is Cc1nnc2n1-c1sc(CCC(C)n3cncn3)cc1C(c1ccccc1Cl)=NC2. The van der Waals surface area contributed by atoms with Gasteiger partial charge in [-0.15, -0.1) is 21.5 Å². The Morgan fingerprint density at radius 1 is 1.20 bits per heavy atom. The smallest absolute Gasteiger partial charge is 0.160 e. The number of thiophene rings is 1. The van der Waals surface area contributed by atoms with Crippen LogP contribution in [0.3, 0.4) is 0 Å². The van der Waals surface area contributed by atoms with Gasteiger partial charge in [0.05, 0.1) is 11.8 Å². The summed E-state index contributed by atoms with van der Waals surface area (Å²) in [6.45, 7) is 4.61. The zero-order valence-corrected chi connectivity index (χ0v) is 18.2. The van der Waals surface area contributed by atoms with Gasteiger partial charge in [0, 0.05) is 21.0 Å². The first kappa shape index (κ1) is 19.1. The molecule has 0 bridgehead atoms. The van der Waals surface area contributed by atoms with Gasteiger partial charge in [0.15, 0.2) is 5.82 Å². The quantitative estimate of drug-likeness (QED) is 0.463. The standard InChI is InChI=1S/C21H20ClN7S/c1-13(28-12-23-11-25-28)7-8-15-9-17-20(16-5-3-4-6-18(16)22)24-10-19-27-26-14(2)29(19)21(17)30-15/h3-6,9,11-13H,7-8,10H2,1-2H3. The molecule has 9 heteroatoms. The van der Waals surface area contributed by atoms with E-state index in [2.05, 4.69) is 37.8 Å². The van der Waals surface area contributed by atoms with E-state index < -0.39 is 0 Å². The van der Waals surface area contributed by atoms with Crippen LogP contribution < -0.4 is 0 Å². The lowest BCUT2D eigenvalue weighted by Crippen LogP contribution is -2.06. The Labute approximate surface area is 183 Å². The van der Waals surface area contributed by atoms with Gasteiger partial charge in [0.2, 0.25) is 0 Å². The summed E-state index contributed by atoms with van der Waals surface area (Å²) in [6, 6.07) is 10.4. The summed E-state index contributed by atoms with van der Waals surface area (Å²) in [5.74, 6) is 1.71. The Morgan fingerprint density at radius 2 is 2.07 bits per heavy atom. The molecule has 0 N–H and O–H groups in total. The molecule has 4 aromatic rings. The predicted molar refractivity (Wildman–Crippen MR) is 118 cm³/mol. The molecule has 1 aromatic carbocycles. The fourth-order valence-electron chi connectivity index (χ4n) is 3.71. The summed E-state index contributed by atoms with van der Waals surface area (Å²) in [7, 11) is 0. The maximum atomic E-state index is 6.53. The Hall–Kier alpha value is -2.84. The highest BCUT2D eigenvalue weighted by atomic mass is 35.5. The molecule has 1 atom stereocenters. The molecule has 30 heavy (non-hydrogen) atoms. The number of hydrogen-bond donors (Lipinski definition) is 0. The van der Waals surface area contributed by atoms with Crippen molar-refractivity contribution in [2.24, 2.45) is 4.99 Å². The summed E-state index contributed by atoms with van der Waals surface area (Å²) in [4.78, 5) is 10.2. The minimum atomic E-state index is 0.276. The molecule has 4 heterocycles. The second kappa shape index (κ2) is 7.77. The van der Waals surface area contributed by atoms with Gasteiger partial charge in [-0.25, -0.2) is 4.98 Å². The molecule has 0 amide bonds. The number of benzene rings is 1. The lowest BCUT2D eigenvalue weighted by atomic mass is 10.0. The summed E-state index contributed by atoms with van der Waals surface area (Å²) < 4.78 is 4.02. The molecule has 7 nitrogen and oxygen atoms in total. The maximum absolute atomic E-state index is 6.53. The van der Waals surface area contributed by atoms with Crippen molar-refractivity contribution >= 4 is 28.6 Å². The minimum Gasteiger partial charge on any atom is -0.276 e. The second-order valence-corrected chi connectivity index (χ2v) is 8.86. The highest BCUT2D eigenvalue weighted by Gasteiger charge is 2.25. The molecule has 1 aliphatic rings. The van der Waals surface area contributed by atoms with Crippen LogP contribution >= 0.6 is 22.9 Å². The normalized spacial score (nSPS) is 14.0. The van der Waals surface area contributed by atoms with Crippen LogP contribution in [-0.2, 0) is 13.0 Å². The number of rotatable bonds is 5. The first-order valence-electron chi connectivity index (χ1n) is 9.79. The number of aliphatic imine (C=N–C) groups is 1. The molecular formula is C21H20ClN7S. The van der Waals surface area contributed by atoms with E-state index in [9.17, 15) is 0 Å². The Bertz CT molecular complexity index is 1220. The molecule has 3 aromatic heterocycles. The first-order valence-corrected chi connectivity index (χ1v) is 11.0. The van der Waals surface area contributed by atoms with Gasteiger partial charge in [-0.05, 0) is 38.8 Å². The third-order valence-electron chi connectivity index (χ3n) is 5.32. The monoisotopic (exact) mass is 437 g/mol. The molecule has 0 fully saturated rings. The van der Waals surface area contributed by atoms with E-state index in [1.54, 1.807) is 24.0 Å². The van der Waals surface area contributed by atoms with E-state index in [4.69, 9.17) is 16.6 Å². The highest BCUT2D eigenvalue weighted by molar-refractivity contribution is 7.15. The molecule has 0 spiro atoms. The van der Waals surface area contributed by atoms with Crippen LogP contribution in [0.15, 0.2) is 48.0 Å². The van der Waals surface area contributed by atoms with Crippen molar-refractivity contribution in [3.05, 3.63) is 75.7 Å². The number of halogens is 1. The van der Waals surface area contributed by atoms with Crippen molar-refractivity contribution in [1.82, 2.24) is 29.5 Å². The molecular weight excluding hydrogens is 418 g/mol. The molecule has 0 radical (unpaired) electrons. The predicted octanol–water partition coefficient (Wildman–Crippen LogP) is 4.43.